The van der Waals surface area contributed by atoms with Gasteiger partial charge in [-0.2, -0.15) is 0 Å². The predicted octanol–water partition coefficient (Wildman–Crippen LogP) is 3.44. The number of hydrogen-bond acceptors (Lipinski definition) is 3. The highest BCUT2D eigenvalue weighted by Gasteiger charge is 2.52. The molecule has 0 spiro atoms. The fraction of sp³-hybridized carbons (Fsp3) is 0.600. The van der Waals surface area contributed by atoms with E-state index in [4.69, 9.17) is 0 Å². The van der Waals surface area contributed by atoms with Crippen molar-refractivity contribution in [3.8, 4) is 0 Å². The largest absolute Gasteiger partial charge is 0.313 e. The highest BCUT2D eigenvalue weighted by atomic mass is 16.1. The van der Waals surface area contributed by atoms with Crippen LogP contribution < -0.4 is 5.32 Å². The minimum atomic E-state index is -0.000568. The zero-order chi connectivity index (χ0) is 16.2. The van der Waals surface area contributed by atoms with Crippen molar-refractivity contribution < 1.29 is 9.59 Å². The summed E-state index contributed by atoms with van der Waals surface area (Å²) in [5, 5.41) is 3.70. The Kier molecular flexibility index (Phi) is 3.45. The van der Waals surface area contributed by atoms with E-state index in [1.165, 1.54) is 36.8 Å². The van der Waals surface area contributed by atoms with Gasteiger partial charge in [-0.1, -0.05) is 25.0 Å². The summed E-state index contributed by atoms with van der Waals surface area (Å²) in [7, 11) is 0. The van der Waals surface area contributed by atoms with Crippen molar-refractivity contribution in [3.05, 3.63) is 34.4 Å². The van der Waals surface area contributed by atoms with Gasteiger partial charge in [0.1, 0.15) is 0 Å². The van der Waals surface area contributed by atoms with Crippen LogP contribution in [0.1, 0.15) is 77.8 Å². The van der Waals surface area contributed by atoms with Gasteiger partial charge >= 0.3 is 0 Å². The Bertz CT molecular complexity index is 689. The molecule has 4 rings (SSSR count). The quantitative estimate of drug-likeness (QED) is 0.851. The molecule has 3 atom stereocenters. The molecule has 3 heteroatoms. The Labute approximate surface area is 137 Å². The number of fused-ring (bicyclic) bond motifs is 1. The molecule has 0 aromatic heterocycles. The maximum Gasteiger partial charge on any atom is 0.160 e. The molecule has 122 valence electrons. The van der Waals surface area contributed by atoms with Crippen LogP contribution in [0.25, 0.3) is 0 Å². The van der Waals surface area contributed by atoms with E-state index in [0.29, 0.717) is 23.1 Å². The zero-order valence-electron chi connectivity index (χ0n) is 14.1. The van der Waals surface area contributed by atoms with Crippen molar-refractivity contribution in [1.29, 1.82) is 0 Å². The van der Waals surface area contributed by atoms with Crippen LogP contribution in [-0.2, 0) is 11.8 Å². The molecule has 2 fully saturated rings. The lowest BCUT2D eigenvalue weighted by atomic mass is 9.52. The molecule has 3 aliphatic rings. The maximum absolute atomic E-state index is 12.3. The molecule has 0 unspecified atom stereocenters. The monoisotopic (exact) mass is 311 g/mol. The summed E-state index contributed by atoms with van der Waals surface area (Å²) in [5.41, 5.74) is 4.10. The van der Waals surface area contributed by atoms with Gasteiger partial charge < -0.3 is 5.32 Å². The number of Topliss-reactive ketones (excluding diaryl/α,β-unsaturated/α-hetero) is 2. The first-order valence-corrected chi connectivity index (χ1v) is 8.96. The number of nitrogens with one attached hydrogen (secondary N) is 1. The molecule has 1 aliphatic heterocycles. The van der Waals surface area contributed by atoms with Crippen LogP contribution in [-0.4, -0.2) is 24.2 Å². The van der Waals surface area contributed by atoms with E-state index < -0.39 is 0 Å². The standard InChI is InChI=1S/C20H25NO2/c1-12(22)14-6-7-16-15(19(14)13(2)23)11-18-17-5-3-4-8-20(16,17)9-10-21-18/h6-7,17-18,21H,3-5,8-11H2,1-2H3/t17-,18+,20-/m0/s1. The third-order valence-electron chi connectivity index (χ3n) is 6.57. The number of piperidine rings is 1. The van der Waals surface area contributed by atoms with E-state index in [2.05, 4.69) is 11.4 Å². The van der Waals surface area contributed by atoms with E-state index in [0.717, 1.165) is 19.4 Å². The first-order chi connectivity index (χ1) is 11.0. The van der Waals surface area contributed by atoms with Crippen molar-refractivity contribution in [2.45, 2.75) is 63.8 Å². The zero-order valence-corrected chi connectivity index (χ0v) is 14.1. The molecule has 2 aliphatic carbocycles. The molecule has 23 heavy (non-hydrogen) atoms. The Hall–Kier alpha value is -1.48. The predicted molar refractivity (Wildman–Crippen MR) is 90.2 cm³/mol. The summed E-state index contributed by atoms with van der Waals surface area (Å²) in [6.07, 6.45) is 7.20. The molecule has 1 saturated heterocycles. The number of carbonyl (C=O) groups is 2. The maximum atomic E-state index is 12.3. The highest BCUT2D eigenvalue weighted by molar-refractivity contribution is 6.08. The Morgan fingerprint density at radius 1 is 1.13 bits per heavy atom. The van der Waals surface area contributed by atoms with Crippen LogP contribution in [0.3, 0.4) is 0 Å². The average molecular weight is 311 g/mol. The molecule has 2 bridgehead atoms. The van der Waals surface area contributed by atoms with Gasteiger partial charge in [-0.3, -0.25) is 9.59 Å². The molecular formula is C20H25NO2. The third kappa shape index (κ3) is 2.06. The van der Waals surface area contributed by atoms with Crippen molar-refractivity contribution >= 4 is 11.6 Å². The van der Waals surface area contributed by atoms with Crippen LogP contribution in [0.4, 0.5) is 0 Å². The lowest BCUT2D eigenvalue weighted by molar-refractivity contribution is 0.0787. The van der Waals surface area contributed by atoms with E-state index >= 15 is 0 Å². The minimum Gasteiger partial charge on any atom is -0.313 e. The van der Waals surface area contributed by atoms with Gasteiger partial charge in [0.2, 0.25) is 0 Å². The van der Waals surface area contributed by atoms with Gasteiger partial charge in [-0.15, -0.1) is 0 Å². The SMILES string of the molecule is CC(=O)c1ccc2c(c1C(C)=O)C[C@H]1NCC[C@@]23CCCC[C@@H]13. The van der Waals surface area contributed by atoms with Crippen molar-refractivity contribution in [2.24, 2.45) is 5.92 Å². The molecule has 1 aromatic carbocycles. The molecule has 0 amide bonds. The van der Waals surface area contributed by atoms with E-state index in [1.807, 2.05) is 6.07 Å². The number of benzene rings is 1. The van der Waals surface area contributed by atoms with Crippen LogP contribution in [0.15, 0.2) is 12.1 Å². The van der Waals surface area contributed by atoms with Gasteiger partial charge in [0.25, 0.3) is 0 Å². The first kappa shape index (κ1) is 15.1. The van der Waals surface area contributed by atoms with Crippen LogP contribution in [0, 0.1) is 5.92 Å². The average Bonchev–Trinajstić information content (AvgIpc) is 2.53. The number of rotatable bonds is 2. The molecular weight excluding hydrogens is 286 g/mol. The second kappa shape index (κ2) is 5.27. The number of carbonyl (C=O) groups excluding carboxylic acids is 2. The Morgan fingerprint density at radius 2 is 1.96 bits per heavy atom. The fourth-order valence-electron chi connectivity index (χ4n) is 5.71. The van der Waals surface area contributed by atoms with Gasteiger partial charge in [-0.05, 0) is 63.1 Å². The summed E-state index contributed by atoms with van der Waals surface area (Å²) in [5.74, 6) is 0.732. The lowest BCUT2D eigenvalue weighted by Crippen LogP contribution is -2.59. The summed E-state index contributed by atoms with van der Waals surface area (Å²) < 4.78 is 0. The van der Waals surface area contributed by atoms with Gasteiger partial charge in [0.05, 0.1) is 0 Å². The molecule has 1 saturated carbocycles. The summed E-state index contributed by atoms with van der Waals surface area (Å²) in [6.45, 7) is 4.25. The molecule has 3 nitrogen and oxygen atoms in total. The van der Waals surface area contributed by atoms with Crippen LogP contribution in [0.5, 0.6) is 0 Å². The van der Waals surface area contributed by atoms with Crippen LogP contribution >= 0.6 is 0 Å². The van der Waals surface area contributed by atoms with Crippen molar-refractivity contribution in [1.82, 2.24) is 5.32 Å². The van der Waals surface area contributed by atoms with E-state index in [1.54, 1.807) is 13.8 Å². The topological polar surface area (TPSA) is 46.2 Å². The second-order valence-electron chi connectivity index (χ2n) is 7.65. The number of hydrogen-bond donors (Lipinski definition) is 1. The smallest absolute Gasteiger partial charge is 0.160 e. The summed E-state index contributed by atoms with van der Waals surface area (Å²) >= 11 is 0. The number of ketones is 2. The van der Waals surface area contributed by atoms with Gasteiger partial charge in [0, 0.05) is 22.6 Å². The molecule has 0 radical (unpaired) electrons. The second-order valence-corrected chi connectivity index (χ2v) is 7.65. The normalized spacial score (nSPS) is 31.9. The first-order valence-electron chi connectivity index (χ1n) is 8.96. The van der Waals surface area contributed by atoms with Crippen molar-refractivity contribution in [2.75, 3.05) is 6.54 Å². The Morgan fingerprint density at radius 3 is 2.70 bits per heavy atom. The van der Waals surface area contributed by atoms with E-state index in [9.17, 15) is 9.59 Å². The molecule has 1 N–H and O–H groups in total. The van der Waals surface area contributed by atoms with Gasteiger partial charge in [-0.25, -0.2) is 0 Å². The minimum absolute atomic E-state index is 0.000568. The molecule has 1 heterocycles. The van der Waals surface area contributed by atoms with Gasteiger partial charge in [0.15, 0.2) is 11.6 Å². The van der Waals surface area contributed by atoms with E-state index in [-0.39, 0.29) is 17.0 Å². The third-order valence-corrected chi connectivity index (χ3v) is 6.57. The fourth-order valence-corrected chi connectivity index (χ4v) is 5.71. The van der Waals surface area contributed by atoms with Crippen LogP contribution in [0.2, 0.25) is 0 Å². The Balaban J connectivity index is 1.97. The summed E-state index contributed by atoms with van der Waals surface area (Å²) in [6, 6.07) is 4.57. The molecule has 1 aromatic rings. The van der Waals surface area contributed by atoms with Crippen molar-refractivity contribution in [3.63, 3.8) is 0 Å². The lowest BCUT2D eigenvalue weighted by Gasteiger charge is -2.56. The highest BCUT2D eigenvalue weighted by Crippen LogP contribution is 2.54. The summed E-state index contributed by atoms with van der Waals surface area (Å²) in [4.78, 5) is 24.4.